The van der Waals surface area contributed by atoms with Crippen molar-refractivity contribution in [1.29, 1.82) is 0 Å². The smallest absolute Gasteiger partial charge is 0.377 e. The molecule has 0 aromatic carbocycles. The highest BCUT2D eigenvalue weighted by atomic mass is 28.4. The van der Waals surface area contributed by atoms with Crippen molar-refractivity contribution in [1.82, 2.24) is 0 Å². The number of rotatable bonds is 5. The van der Waals surface area contributed by atoms with Crippen molar-refractivity contribution in [2.75, 3.05) is 21.3 Å². The van der Waals surface area contributed by atoms with Crippen LogP contribution in [0.4, 0.5) is 0 Å². The summed E-state index contributed by atoms with van der Waals surface area (Å²) in [7, 11) is 2.42. The van der Waals surface area contributed by atoms with E-state index in [1.165, 1.54) is 0 Å². The van der Waals surface area contributed by atoms with Crippen LogP contribution >= 0.6 is 0 Å². The summed E-state index contributed by atoms with van der Waals surface area (Å²) < 4.78 is 15.5. The van der Waals surface area contributed by atoms with Crippen LogP contribution in [-0.2, 0) is 13.3 Å². The van der Waals surface area contributed by atoms with Gasteiger partial charge in [-0.25, -0.2) is 0 Å². The Morgan fingerprint density at radius 1 is 1.18 bits per heavy atom. The van der Waals surface area contributed by atoms with Gasteiger partial charge < -0.3 is 13.3 Å². The summed E-state index contributed by atoms with van der Waals surface area (Å²) in [5, 5.41) is 0. The van der Waals surface area contributed by atoms with E-state index in [1.54, 1.807) is 21.3 Å². The lowest BCUT2D eigenvalue weighted by Crippen LogP contribution is -2.42. The third-order valence-corrected chi connectivity index (χ3v) is 4.35. The van der Waals surface area contributed by atoms with Gasteiger partial charge in [0.2, 0.25) is 0 Å². The van der Waals surface area contributed by atoms with Gasteiger partial charge in [0.1, 0.15) is 0 Å². The fourth-order valence-electron chi connectivity index (χ4n) is 0.836. The Bertz CT molecular complexity index is 123. The van der Waals surface area contributed by atoms with E-state index >= 15 is 0 Å². The van der Waals surface area contributed by atoms with Gasteiger partial charge in [-0.15, -0.1) is 6.58 Å². The molecule has 4 heteroatoms. The molecule has 0 bridgehead atoms. The van der Waals surface area contributed by atoms with Gasteiger partial charge in [-0.2, -0.15) is 0 Å². The van der Waals surface area contributed by atoms with Gasteiger partial charge in [0.25, 0.3) is 0 Å². The molecule has 0 heterocycles. The van der Waals surface area contributed by atoms with E-state index in [4.69, 9.17) is 13.3 Å². The summed E-state index contributed by atoms with van der Waals surface area (Å²) in [6, 6.07) is 0.677. The minimum atomic E-state index is -2.38. The van der Waals surface area contributed by atoms with Crippen molar-refractivity contribution >= 4 is 8.80 Å². The molecule has 0 amide bonds. The van der Waals surface area contributed by atoms with E-state index in [0.29, 0.717) is 6.04 Å². The first kappa shape index (κ1) is 10.8. The first-order valence-electron chi connectivity index (χ1n) is 3.40. The zero-order valence-corrected chi connectivity index (χ0v) is 8.64. The highest BCUT2D eigenvalue weighted by Gasteiger charge is 2.37. The van der Waals surface area contributed by atoms with E-state index in [9.17, 15) is 0 Å². The lowest BCUT2D eigenvalue weighted by Gasteiger charge is -2.24. The molecule has 0 N–H and O–H groups in total. The number of allylic oxidation sites excluding steroid dienone is 1. The standard InChI is InChI=1S/C7H16O3Si/c1-7(2)6-11(8-3,9-4)10-5/h1,6H2,2-5H3. The van der Waals surface area contributed by atoms with Crippen LogP contribution in [0.2, 0.25) is 6.04 Å². The Kier molecular flexibility index (Phi) is 4.59. The molecule has 0 aliphatic rings. The van der Waals surface area contributed by atoms with Crippen LogP contribution in [0.3, 0.4) is 0 Å². The summed E-state index contributed by atoms with van der Waals surface area (Å²) in [5.74, 6) is 0. The number of hydrogen-bond acceptors (Lipinski definition) is 3. The van der Waals surface area contributed by atoms with Gasteiger partial charge in [0.05, 0.1) is 0 Å². The van der Waals surface area contributed by atoms with Crippen LogP contribution in [0.1, 0.15) is 6.92 Å². The molecule has 0 aliphatic carbocycles. The zero-order chi connectivity index (χ0) is 8.91. The lowest BCUT2D eigenvalue weighted by atomic mass is 10.4. The fraction of sp³-hybridized carbons (Fsp3) is 0.714. The van der Waals surface area contributed by atoms with E-state index in [2.05, 4.69) is 6.58 Å². The van der Waals surface area contributed by atoms with Crippen molar-refractivity contribution in [3.8, 4) is 0 Å². The molecule has 0 rings (SSSR count). The molecule has 0 unspecified atom stereocenters. The van der Waals surface area contributed by atoms with Crippen LogP contribution in [0.15, 0.2) is 12.2 Å². The van der Waals surface area contributed by atoms with Crippen molar-refractivity contribution in [3.05, 3.63) is 12.2 Å². The second-order valence-electron chi connectivity index (χ2n) is 2.43. The van der Waals surface area contributed by atoms with Gasteiger partial charge in [0.15, 0.2) is 0 Å². The lowest BCUT2D eigenvalue weighted by molar-refractivity contribution is 0.126. The first-order valence-corrected chi connectivity index (χ1v) is 5.33. The van der Waals surface area contributed by atoms with Crippen molar-refractivity contribution in [2.45, 2.75) is 13.0 Å². The van der Waals surface area contributed by atoms with Crippen LogP contribution in [0, 0.1) is 0 Å². The van der Waals surface area contributed by atoms with Crippen molar-refractivity contribution < 1.29 is 13.3 Å². The van der Waals surface area contributed by atoms with Crippen LogP contribution in [0.5, 0.6) is 0 Å². The van der Waals surface area contributed by atoms with Gasteiger partial charge >= 0.3 is 8.80 Å². The Morgan fingerprint density at radius 3 is 1.64 bits per heavy atom. The predicted molar refractivity (Wildman–Crippen MR) is 46.4 cm³/mol. The monoisotopic (exact) mass is 176 g/mol. The van der Waals surface area contributed by atoms with E-state index in [0.717, 1.165) is 5.57 Å². The summed E-state index contributed by atoms with van der Waals surface area (Å²) >= 11 is 0. The molecule has 0 fully saturated rings. The highest BCUT2D eigenvalue weighted by molar-refractivity contribution is 6.61. The van der Waals surface area contributed by atoms with Gasteiger partial charge in [-0.3, -0.25) is 0 Å². The van der Waals surface area contributed by atoms with Crippen LogP contribution < -0.4 is 0 Å². The molecule has 0 aromatic rings. The summed E-state index contributed by atoms with van der Waals surface area (Å²) in [6.45, 7) is 5.71. The summed E-state index contributed by atoms with van der Waals surface area (Å²) in [4.78, 5) is 0. The molecule has 0 radical (unpaired) electrons. The minimum Gasteiger partial charge on any atom is -0.377 e. The quantitative estimate of drug-likeness (QED) is 0.468. The molecule has 0 aromatic heterocycles. The Labute approximate surface area is 69.3 Å². The third kappa shape index (κ3) is 3.16. The molecule has 0 spiro atoms. The molecule has 66 valence electrons. The van der Waals surface area contributed by atoms with E-state index in [1.807, 2.05) is 6.92 Å². The Balaban J connectivity index is 4.16. The van der Waals surface area contributed by atoms with Crippen LogP contribution in [-0.4, -0.2) is 30.1 Å². The predicted octanol–water partition coefficient (Wildman–Crippen LogP) is 1.44. The molecule has 0 saturated heterocycles. The Hall–Kier alpha value is -0.163. The highest BCUT2D eigenvalue weighted by Crippen LogP contribution is 2.16. The van der Waals surface area contributed by atoms with Crippen LogP contribution in [0.25, 0.3) is 0 Å². The second-order valence-corrected chi connectivity index (χ2v) is 5.37. The second kappa shape index (κ2) is 4.66. The van der Waals surface area contributed by atoms with Gasteiger partial charge in [0, 0.05) is 27.4 Å². The molecular weight excluding hydrogens is 160 g/mol. The Morgan fingerprint density at radius 2 is 1.55 bits per heavy atom. The molecular formula is C7H16O3Si. The van der Waals surface area contributed by atoms with Crippen molar-refractivity contribution in [3.63, 3.8) is 0 Å². The average Bonchev–Trinajstić information content (AvgIpc) is 2.00. The molecule has 3 nitrogen and oxygen atoms in total. The maximum Gasteiger partial charge on any atom is 0.504 e. The third-order valence-electron chi connectivity index (χ3n) is 1.45. The van der Waals surface area contributed by atoms with Crippen molar-refractivity contribution in [2.24, 2.45) is 0 Å². The summed E-state index contributed by atoms with van der Waals surface area (Å²) in [5.41, 5.74) is 1.02. The largest absolute Gasteiger partial charge is 0.504 e. The average molecular weight is 176 g/mol. The minimum absolute atomic E-state index is 0.677. The SMILES string of the molecule is C=C(C)C[Si](OC)(OC)OC. The topological polar surface area (TPSA) is 27.7 Å². The maximum atomic E-state index is 5.18. The molecule has 0 atom stereocenters. The number of hydrogen-bond donors (Lipinski definition) is 0. The van der Waals surface area contributed by atoms with Gasteiger partial charge in [-0.05, 0) is 6.92 Å². The summed E-state index contributed by atoms with van der Waals surface area (Å²) in [6.07, 6.45) is 0. The van der Waals surface area contributed by atoms with Gasteiger partial charge in [-0.1, -0.05) is 5.57 Å². The fourth-order valence-corrected chi connectivity index (χ4v) is 2.51. The molecule has 11 heavy (non-hydrogen) atoms. The van der Waals surface area contributed by atoms with E-state index in [-0.39, 0.29) is 0 Å². The normalized spacial score (nSPS) is 11.6. The molecule has 0 aliphatic heterocycles. The first-order chi connectivity index (χ1) is 5.10. The van der Waals surface area contributed by atoms with E-state index < -0.39 is 8.80 Å². The molecule has 0 saturated carbocycles. The maximum absolute atomic E-state index is 5.18. The zero-order valence-electron chi connectivity index (χ0n) is 7.64.